The summed E-state index contributed by atoms with van der Waals surface area (Å²) in [5.41, 5.74) is 3.13. The molecule has 152 valence electrons. The first-order chi connectivity index (χ1) is 13.2. The zero-order valence-corrected chi connectivity index (χ0v) is 18.6. The van der Waals surface area contributed by atoms with Crippen molar-refractivity contribution in [2.45, 2.75) is 39.5 Å². The van der Waals surface area contributed by atoms with Crippen LogP contribution in [0.25, 0.3) is 0 Å². The van der Waals surface area contributed by atoms with Crippen LogP contribution >= 0.6 is 11.6 Å². The van der Waals surface area contributed by atoms with E-state index in [0.29, 0.717) is 19.6 Å². The number of halogens is 1. The Morgan fingerprint density at radius 1 is 0.964 bits per heavy atom. The molecule has 0 saturated heterocycles. The summed E-state index contributed by atoms with van der Waals surface area (Å²) in [6.07, 6.45) is 0. The molecule has 0 unspecified atom stereocenters. The fourth-order valence-corrected chi connectivity index (χ4v) is 5.08. The van der Waals surface area contributed by atoms with Crippen LogP contribution in [0.1, 0.15) is 42.3 Å². The van der Waals surface area contributed by atoms with Gasteiger partial charge in [-0.15, -0.1) is 0 Å². The Kier molecular flexibility index (Phi) is 7.26. The summed E-state index contributed by atoms with van der Waals surface area (Å²) in [7, 11) is -3.77. The number of benzene rings is 2. The highest BCUT2D eigenvalue weighted by Crippen LogP contribution is 2.28. The molecular weight excluding hydrogens is 396 g/mol. The Morgan fingerprint density at radius 3 is 2.18 bits per heavy atom. The molecule has 0 heterocycles. The maximum atomic E-state index is 13.2. The van der Waals surface area contributed by atoms with Gasteiger partial charge in [-0.3, -0.25) is 4.79 Å². The number of anilines is 1. The van der Waals surface area contributed by atoms with E-state index in [1.165, 1.54) is 16.4 Å². The van der Waals surface area contributed by atoms with Crippen LogP contribution in [-0.4, -0.2) is 38.3 Å². The normalized spacial score (nSPS) is 11.7. The topological polar surface area (TPSA) is 57.7 Å². The number of amides is 1. The van der Waals surface area contributed by atoms with Crippen LogP contribution in [0.3, 0.4) is 0 Å². The first kappa shape index (κ1) is 22.4. The average Bonchev–Trinajstić information content (AvgIpc) is 2.66. The van der Waals surface area contributed by atoms with Crippen molar-refractivity contribution >= 4 is 33.2 Å². The highest BCUT2D eigenvalue weighted by Gasteiger charge is 2.27. The van der Waals surface area contributed by atoms with Crippen molar-refractivity contribution in [2.24, 2.45) is 0 Å². The predicted molar refractivity (Wildman–Crippen MR) is 115 cm³/mol. The van der Waals surface area contributed by atoms with Gasteiger partial charge in [-0.25, -0.2) is 8.42 Å². The third-order valence-corrected chi connectivity index (χ3v) is 7.25. The van der Waals surface area contributed by atoms with Gasteiger partial charge in [0, 0.05) is 30.9 Å². The van der Waals surface area contributed by atoms with E-state index in [1.807, 2.05) is 39.0 Å². The van der Waals surface area contributed by atoms with Gasteiger partial charge in [-0.1, -0.05) is 37.6 Å². The third kappa shape index (κ3) is 4.40. The summed E-state index contributed by atoms with van der Waals surface area (Å²) in [4.78, 5) is 14.8. The molecular formula is C21H27ClN2O3S. The van der Waals surface area contributed by atoms with Crippen LogP contribution in [0.5, 0.6) is 0 Å². The Balaban J connectivity index is 2.53. The van der Waals surface area contributed by atoms with Crippen molar-refractivity contribution in [2.75, 3.05) is 24.5 Å². The van der Waals surface area contributed by atoms with Crippen LogP contribution in [0.2, 0.25) is 5.02 Å². The van der Waals surface area contributed by atoms with Gasteiger partial charge in [0.15, 0.2) is 0 Å². The Labute approximate surface area is 173 Å². The van der Waals surface area contributed by atoms with E-state index in [-0.39, 0.29) is 21.4 Å². The van der Waals surface area contributed by atoms with Gasteiger partial charge >= 0.3 is 0 Å². The SMILES string of the molecule is CCN(C(=O)c1ccc(Cl)c(S(=O)(=O)N(CC)CC)c1)c1cc(C)ccc1C. The minimum Gasteiger partial charge on any atom is -0.308 e. The molecule has 0 bridgehead atoms. The number of rotatable bonds is 7. The molecule has 7 heteroatoms. The van der Waals surface area contributed by atoms with Crippen molar-refractivity contribution in [1.82, 2.24) is 4.31 Å². The van der Waals surface area contributed by atoms with Gasteiger partial charge < -0.3 is 4.90 Å². The highest BCUT2D eigenvalue weighted by atomic mass is 35.5. The second-order valence-electron chi connectivity index (χ2n) is 6.57. The van der Waals surface area contributed by atoms with Gasteiger partial charge in [-0.05, 0) is 56.2 Å². The molecule has 0 saturated carbocycles. The fraction of sp³-hybridized carbons (Fsp3) is 0.381. The smallest absolute Gasteiger partial charge is 0.258 e. The van der Waals surface area contributed by atoms with Crippen molar-refractivity contribution < 1.29 is 13.2 Å². The van der Waals surface area contributed by atoms with Crippen molar-refractivity contribution in [1.29, 1.82) is 0 Å². The number of sulfonamides is 1. The van der Waals surface area contributed by atoms with Crippen LogP contribution in [-0.2, 0) is 10.0 Å². The molecule has 2 rings (SSSR count). The standard InChI is InChI=1S/C21H27ClN2O3S/c1-6-23(7-2)28(26,27)20-14-17(11-12-18(20)22)21(25)24(8-3)19-13-15(4)9-10-16(19)5/h9-14H,6-8H2,1-5H3. The van der Waals surface area contributed by atoms with E-state index >= 15 is 0 Å². The lowest BCUT2D eigenvalue weighted by molar-refractivity contribution is 0.0988. The molecule has 0 fully saturated rings. The minimum atomic E-state index is -3.77. The van der Waals surface area contributed by atoms with Crippen LogP contribution in [0.15, 0.2) is 41.3 Å². The molecule has 0 aromatic heterocycles. The highest BCUT2D eigenvalue weighted by molar-refractivity contribution is 7.89. The number of aryl methyl sites for hydroxylation is 2. The van der Waals surface area contributed by atoms with Crippen LogP contribution in [0.4, 0.5) is 5.69 Å². The fourth-order valence-electron chi connectivity index (χ4n) is 3.13. The lowest BCUT2D eigenvalue weighted by Crippen LogP contribution is -2.33. The lowest BCUT2D eigenvalue weighted by atomic mass is 10.1. The summed E-state index contributed by atoms with van der Waals surface area (Å²) >= 11 is 6.19. The number of carbonyl (C=O) groups is 1. The third-order valence-electron chi connectivity index (χ3n) is 4.72. The largest absolute Gasteiger partial charge is 0.308 e. The number of hydrogen-bond donors (Lipinski definition) is 0. The van der Waals surface area contributed by atoms with Gasteiger partial charge in [-0.2, -0.15) is 4.31 Å². The monoisotopic (exact) mass is 422 g/mol. The zero-order valence-electron chi connectivity index (χ0n) is 17.0. The van der Waals surface area contributed by atoms with E-state index in [0.717, 1.165) is 16.8 Å². The van der Waals surface area contributed by atoms with E-state index in [4.69, 9.17) is 11.6 Å². The van der Waals surface area contributed by atoms with E-state index in [9.17, 15) is 13.2 Å². The molecule has 0 N–H and O–H groups in total. The lowest BCUT2D eigenvalue weighted by Gasteiger charge is -2.24. The summed E-state index contributed by atoms with van der Waals surface area (Å²) < 4.78 is 27.2. The second kappa shape index (κ2) is 9.07. The number of nitrogens with zero attached hydrogens (tertiary/aromatic N) is 2. The first-order valence-electron chi connectivity index (χ1n) is 9.36. The number of carbonyl (C=O) groups excluding carboxylic acids is 1. The molecule has 0 aliphatic carbocycles. The van der Waals surface area contributed by atoms with Gasteiger partial charge in [0.05, 0.1) is 5.02 Å². The quantitative estimate of drug-likeness (QED) is 0.652. The number of hydrogen-bond acceptors (Lipinski definition) is 3. The molecule has 0 aliphatic heterocycles. The van der Waals surface area contributed by atoms with Crippen LogP contribution in [0, 0.1) is 13.8 Å². The predicted octanol–water partition coefficient (Wildman–Crippen LogP) is 4.65. The van der Waals surface area contributed by atoms with E-state index < -0.39 is 10.0 Å². The molecule has 0 atom stereocenters. The summed E-state index contributed by atoms with van der Waals surface area (Å²) in [5, 5.41) is 0.109. The maximum absolute atomic E-state index is 13.2. The molecule has 5 nitrogen and oxygen atoms in total. The molecule has 0 aliphatic rings. The van der Waals surface area contributed by atoms with Gasteiger partial charge in [0.2, 0.25) is 10.0 Å². The molecule has 2 aromatic rings. The maximum Gasteiger partial charge on any atom is 0.258 e. The molecule has 1 amide bonds. The van der Waals surface area contributed by atoms with Crippen molar-refractivity contribution in [3.8, 4) is 0 Å². The Bertz CT molecular complexity index is 970. The second-order valence-corrected chi connectivity index (χ2v) is 8.89. The summed E-state index contributed by atoms with van der Waals surface area (Å²) in [6, 6.07) is 10.3. The minimum absolute atomic E-state index is 0.0410. The van der Waals surface area contributed by atoms with Gasteiger partial charge in [0.1, 0.15) is 4.90 Å². The van der Waals surface area contributed by atoms with E-state index in [1.54, 1.807) is 24.8 Å². The zero-order chi connectivity index (χ0) is 21.1. The molecule has 0 radical (unpaired) electrons. The molecule has 28 heavy (non-hydrogen) atoms. The van der Waals surface area contributed by atoms with E-state index in [2.05, 4.69) is 0 Å². The molecule has 0 spiro atoms. The van der Waals surface area contributed by atoms with Crippen molar-refractivity contribution in [3.05, 3.63) is 58.1 Å². The Morgan fingerprint density at radius 2 is 1.61 bits per heavy atom. The first-order valence-corrected chi connectivity index (χ1v) is 11.2. The summed E-state index contributed by atoms with van der Waals surface area (Å²) in [5.74, 6) is -0.260. The molecule has 2 aromatic carbocycles. The summed E-state index contributed by atoms with van der Waals surface area (Å²) in [6.45, 7) is 10.5. The Hall–Kier alpha value is -1.89. The van der Waals surface area contributed by atoms with Gasteiger partial charge in [0.25, 0.3) is 5.91 Å². The van der Waals surface area contributed by atoms with Crippen LogP contribution < -0.4 is 4.90 Å². The van der Waals surface area contributed by atoms with Crippen molar-refractivity contribution in [3.63, 3.8) is 0 Å². The average molecular weight is 423 g/mol.